The summed E-state index contributed by atoms with van der Waals surface area (Å²) in [6.45, 7) is 2.76. The number of nitrogens with one attached hydrogen (secondary N) is 4. The summed E-state index contributed by atoms with van der Waals surface area (Å²) in [5.41, 5.74) is 6.16. The molecule has 0 bridgehead atoms. The van der Waals surface area contributed by atoms with Gasteiger partial charge in [0, 0.05) is 75.6 Å². The molecular weight excluding hydrogens is 680 g/mol. The molecule has 52 heavy (non-hydrogen) atoms. The molecule has 0 spiro atoms. The second kappa shape index (κ2) is 19.5. The Labute approximate surface area is 299 Å². The summed E-state index contributed by atoms with van der Waals surface area (Å²) in [6, 6.07) is 3.47. The van der Waals surface area contributed by atoms with E-state index < -0.39 is 71.3 Å². The monoisotopic (exact) mass is 724 g/mol. The third-order valence-electron chi connectivity index (χ3n) is 8.18. The number of nitrogens with two attached hydrogens (primary N) is 1. The first-order valence-corrected chi connectivity index (χ1v) is 16.7. The number of carbonyl (C=O) groups excluding carboxylic acids is 9. The van der Waals surface area contributed by atoms with Crippen LogP contribution in [0.1, 0.15) is 45.1 Å². The van der Waals surface area contributed by atoms with Gasteiger partial charge in [-0.1, -0.05) is 26.0 Å². The Morgan fingerprint density at radius 2 is 1.33 bits per heavy atom. The molecule has 7 N–H and O–H groups in total. The molecule has 2 aliphatic rings. The van der Waals surface area contributed by atoms with Crippen LogP contribution in [0, 0.1) is 5.92 Å². The van der Waals surface area contributed by atoms with Gasteiger partial charge in [0.1, 0.15) is 12.1 Å². The SMILES string of the molecule is CC(C)[C@H](NC(=O)CCC(=O)N(CCN1C(=O)C=CC1=O)CCN1C(=O)C=CC1=O)C(=O)N[C@@H](CCCNC(N)=O)C(=O)Nc1ccc(CO)cc1. The Hall–Kier alpha value is -5.91. The van der Waals surface area contributed by atoms with Gasteiger partial charge in [-0.25, -0.2) is 4.79 Å². The molecule has 0 aliphatic carbocycles. The highest BCUT2D eigenvalue weighted by Crippen LogP contribution is 2.13. The van der Waals surface area contributed by atoms with Crippen molar-refractivity contribution in [1.29, 1.82) is 0 Å². The summed E-state index contributed by atoms with van der Waals surface area (Å²) < 4.78 is 0. The molecule has 18 nitrogen and oxygen atoms in total. The molecule has 280 valence electrons. The molecule has 2 atom stereocenters. The maximum Gasteiger partial charge on any atom is 0.312 e. The fourth-order valence-corrected chi connectivity index (χ4v) is 5.24. The van der Waals surface area contributed by atoms with E-state index in [1.807, 2.05) is 0 Å². The van der Waals surface area contributed by atoms with Crippen LogP contribution in [0.5, 0.6) is 0 Å². The molecule has 0 saturated heterocycles. The first-order valence-electron chi connectivity index (χ1n) is 16.7. The minimum atomic E-state index is -1.11. The summed E-state index contributed by atoms with van der Waals surface area (Å²) >= 11 is 0. The third-order valence-corrected chi connectivity index (χ3v) is 8.18. The number of benzene rings is 1. The first kappa shape index (κ1) is 40.5. The number of rotatable bonds is 20. The molecule has 3 rings (SSSR count). The maximum atomic E-state index is 13.5. The van der Waals surface area contributed by atoms with Gasteiger partial charge in [-0.05, 0) is 36.5 Å². The van der Waals surface area contributed by atoms with Crippen molar-refractivity contribution in [3.05, 3.63) is 54.1 Å². The highest BCUT2D eigenvalue weighted by Gasteiger charge is 2.30. The van der Waals surface area contributed by atoms with Crippen molar-refractivity contribution in [3.8, 4) is 0 Å². The molecule has 18 heteroatoms. The predicted octanol–water partition coefficient (Wildman–Crippen LogP) is -1.35. The highest BCUT2D eigenvalue weighted by molar-refractivity contribution is 6.13. The van der Waals surface area contributed by atoms with Gasteiger partial charge in [0.15, 0.2) is 0 Å². The van der Waals surface area contributed by atoms with Crippen LogP contribution in [0.15, 0.2) is 48.6 Å². The highest BCUT2D eigenvalue weighted by atomic mass is 16.3. The zero-order valence-corrected chi connectivity index (χ0v) is 29.0. The number of hydrogen-bond acceptors (Lipinski definition) is 10. The Morgan fingerprint density at radius 1 is 0.788 bits per heavy atom. The van der Waals surface area contributed by atoms with Crippen LogP contribution in [-0.2, 0) is 45.0 Å². The second-order valence-electron chi connectivity index (χ2n) is 12.3. The zero-order chi connectivity index (χ0) is 38.4. The molecule has 1 aromatic rings. The predicted molar refractivity (Wildman–Crippen MR) is 184 cm³/mol. The van der Waals surface area contributed by atoms with E-state index in [2.05, 4.69) is 21.3 Å². The van der Waals surface area contributed by atoms with Crippen molar-refractivity contribution in [1.82, 2.24) is 30.7 Å². The molecule has 0 fully saturated rings. The van der Waals surface area contributed by atoms with Crippen LogP contribution >= 0.6 is 0 Å². The third kappa shape index (κ3) is 12.1. The van der Waals surface area contributed by atoms with Crippen LogP contribution in [0.3, 0.4) is 0 Å². The van der Waals surface area contributed by atoms with E-state index in [0.29, 0.717) is 11.3 Å². The number of anilines is 1. The molecule has 1 aromatic carbocycles. The lowest BCUT2D eigenvalue weighted by atomic mass is 10.0. The van der Waals surface area contributed by atoms with E-state index in [4.69, 9.17) is 5.73 Å². The minimum Gasteiger partial charge on any atom is -0.392 e. The standard InChI is InChI=1S/C34H44N8O10/c1-21(2)31(33(51)38-24(4-3-15-36-34(35)52)32(50)37-23-7-5-22(20-43)6-8-23)39-25(44)9-10-26(45)40(16-18-41-27(46)11-12-28(41)47)17-19-42-29(48)13-14-30(42)49/h5-8,11-14,21,24,31,43H,3-4,9-10,15-20H2,1-2H3,(H,37,50)(H,38,51)(H,39,44)(H3,35,36,52)/t24-,31-/m0/s1. The number of hydrogen-bond donors (Lipinski definition) is 6. The van der Waals surface area contributed by atoms with Crippen molar-refractivity contribution < 1.29 is 48.3 Å². The lowest BCUT2D eigenvalue weighted by Crippen LogP contribution is -2.54. The molecule has 0 saturated carbocycles. The van der Waals surface area contributed by atoms with E-state index in [0.717, 1.165) is 34.1 Å². The van der Waals surface area contributed by atoms with Gasteiger partial charge in [0.25, 0.3) is 23.6 Å². The number of primary amides is 1. The number of aliphatic hydroxyl groups excluding tert-OH is 1. The summed E-state index contributed by atoms with van der Waals surface area (Å²) in [4.78, 5) is 115. The van der Waals surface area contributed by atoms with Crippen molar-refractivity contribution in [3.63, 3.8) is 0 Å². The maximum absolute atomic E-state index is 13.5. The molecular formula is C34H44N8O10. The Balaban J connectivity index is 1.63. The van der Waals surface area contributed by atoms with Crippen molar-refractivity contribution in [2.45, 2.75) is 58.2 Å². The van der Waals surface area contributed by atoms with E-state index in [9.17, 15) is 48.3 Å². The summed E-state index contributed by atoms with van der Waals surface area (Å²) in [7, 11) is 0. The van der Waals surface area contributed by atoms with Crippen LogP contribution in [0.25, 0.3) is 0 Å². The van der Waals surface area contributed by atoms with E-state index in [1.54, 1.807) is 38.1 Å². The first-order chi connectivity index (χ1) is 24.7. The Bertz CT molecular complexity index is 1530. The number of aliphatic hydroxyl groups is 1. The average molecular weight is 725 g/mol. The fourth-order valence-electron chi connectivity index (χ4n) is 5.24. The topological polar surface area (TPSA) is 258 Å². The van der Waals surface area contributed by atoms with Gasteiger partial charge in [0.2, 0.25) is 23.6 Å². The fraction of sp³-hybridized carbons (Fsp3) is 0.441. The van der Waals surface area contributed by atoms with Gasteiger partial charge in [-0.2, -0.15) is 0 Å². The zero-order valence-electron chi connectivity index (χ0n) is 29.0. The van der Waals surface area contributed by atoms with Crippen LogP contribution in [0.2, 0.25) is 0 Å². The van der Waals surface area contributed by atoms with Crippen molar-refractivity contribution in [2.75, 3.05) is 38.0 Å². The molecule has 0 radical (unpaired) electrons. The number of urea groups is 1. The number of imide groups is 2. The summed E-state index contributed by atoms with van der Waals surface area (Å²) in [5, 5.41) is 19.7. The Kier molecular flexibility index (Phi) is 15.2. The molecule has 2 heterocycles. The van der Waals surface area contributed by atoms with Crippen LogP contribution in [0.4, 0.5) is 10.5 Å². The van der Waals surface area contributed by atoms with Crippen LogP contribution < -0.4 is 27.0 Å². The quantitative estimate of drug-likeness (QED) is 0.0681. The summed E-state index contributed by atoms with van der Waals surface area (Å²) in [6.07, 6.45) is 4.07. The number of nitrogens with zero attached hydrogens (tertiary/aromatic N) is 3. The number of carbonyl (C=O) groups is 9. The smallest absolute Gasteiger partial charge is 0.312 e. The normalized spacial score (nSPS) is 14.8. The van der Waals surface area contributed by atoms with Crippen molar-refractivity contribution in [2.24, 2.45) is 11.7 Å². The largest absolute Gasteiger partial charge is 0.392 e. The number of amides is 10. The molecule has 2 aliphatic heterocycles. The van der Waals surface area contributed by atoms with Crippen LogP contribution in [-0.4, -0.2) is 118 Å². The van der Waals surface area contributed by atoms with Gasteiger partial charge in [-0.15, -0.1) is 0 Å². The lowest BCUT2D eigenvalue weighted by molar-refractivity contribution is -0.140. The van der Waals surface area contributed by atoms with Crippen molar-refractivity contribution >= 4 is 59.0 Å². The average Bonchev–Trinajstić information content (AvgIpc) is 3.60. The van der Waals surface area contributed by atoms with E-state index in [-0.39, 0.29) is 65.0 Å². The molecule has 0 unspecified atom stereocenters. The lowest BCUT2D eigenvalue weighted by Gasteiger charge is -2.27. The molecule has 10 amide bonds. The van der Waals surface area contributed by atoms with Gasteiger partial charge < -0.3 is 37.0 Å². The Morgan fingerprint density at radius 3 is 1.81 bits per heavy atom. The van der Waals surface area contributed by atoms with E-state index in [1.165, 1.54) is 4.90 Å². The minimum absolute atomic E-state index is 0.102. The summed E-state index contributed by atoms with van der Waals surface area (Å²) in [5.74, 6) is -5.11. The molecule has 0 aromatic heterocycles. The van der Waals surface area contributed by atoms with Gasteiger partial charge >= 0.3 is 6.03 Å². The second-order valence-corrected chi connectivity index (χ2v) is 12.3. The van der Waals surface area contributed by atoms with E-state index >= 15 is 0 Å². The van der Waals surface area contributed by atoms with Gasteiger partial charge in [0.05, 0.1) is 6.61 Å². The van der Waals surface area contributed by atoms with Gasteiger partial charge in [-0.3, -0.25) is 48.2 Å².